The van der Waals surface area contributed by atoms with E-state index in [1.165, 1.54) is 11.3 Å². The highest BCUT2D eigenvalue weighted by molar-refractivity contribution is 7.13. The third kappa shape index (κ3) is 2.82. The van der Waals surface area contributed by atoms with Crippen LogP contribution in [-0.2, 0) is 0 Å². The molecular weight excluding hydrogens is 300 g/mol. The first-order valence-electron chi connectivity index (χ1n) is 7.87. The Morgan fingerprint density at radius 1 is 1.32 bits per heavy atom. The van der Waals surface area contributed by atoms with Gasteiger partial charge in [0.2, 0.25) is 0 Å². The highest BCUT2D eigenvalue weighted by Gasteiger charge is 2.35. The summed E-state index contributed by atoms with van der Waals surface area (Å²) >= 11 is 1.45. The van der Waals surface area contributed by atoms with E-state index in [0.717, 1.165) is 50.6 Å². The Bertz CT molecular complexity index is 566. The van der Waals surface area contributed by atoms with Gasteiger partial charge in [-0.05, 0) is 26.7 Å². The SMILES string of the molecule is CCN1CCN(C2CCN(C(=O)c3cnc(C)s3)CC2)C1=O. The number of carbonyl (C=O) groups is 2. The Balaban J connectivity index is 1.57. The van der Waals surface area contributed by atoms with Crippen molar-refractivity contribution in [3.63, 3.8) is 0 Å². The second kappa shape index (κ2) is 6.24. The van der Waals surface area contributed by atoms with Gasteiger partial charge in [0.15, 0.2) is 0 Å². The minimum Gasteiger partial charge on any atom is -0.338 e. The third-order valence-electron chi connectivity index (χ3n) is 4.53. The number of nitrogens with zero attached hydrogens (tertiary/aromatic N) is 4. The number of aryl methyl sites for hydroxylation is 1. The lowest BCUT2D eigenvalue weighted by Gasteiger charge is -2.36. The van der Waals surface area contributed by atoms with Crippen LogP contribution in [0.3, 0.4) is 0 Å². The first kappa shape index (κ1) is 15.3. The van der Waals surface area contributed by atoms with E-state index in [9.17, 15) is 9.59 Å². The molecule has 0 N–H and O–H groups in total. The smallest absolute Gasteiger partial charge is 0.320 e. The topological polar surface area (TPSA) is 56.8 Å². The molecule has 0 aromatic carbocycles. The lowest BCUT2D eigenvalue weighted by atomic mass is 10.0. The second-order valence-corrected chi connectivity index (χ2v) is 7.06. The molecular formula is C15H22N4O2S. The van der Waals surface area contributed by atoms with Gasteiger partial charge in [-0.3, -0.25) is 4.79 Å². The predicted molar refractivity (Wildman–Crippen MR) is 85.1 cm³/mol. The van der Waals surface area contributed by atoms with Crippen molar-refractivity contribution in [2.24, 2.45) is 0 Å². The molecule has 1 aromatic heterocycles. The molecule has 2 aliphatic rings. The van der Waals surface area contributed by atoms with Crippen LogP contribution in [0.1, 0.15) is 34.4 Å². The number of hydrogen-bond donors (Lipinski definition) is 0. The number of piperidine rings is 1. The van der Waals surface area contributed by atoms with Crippen LogP contribution in [0.25, 0.3) is 0 Å². The van der Waals surface area contributed by atoms with E-state index in [4.69, 9.17) is 0 Å². The third-order valence-corrected chi connectivity index (χ3v) is 5.43. The Kier molecular flexibility index (Phi) is 4.33. The number of thiazole rings is 1. The number of rotatable bonds is 3. The zero-order valence-corrected chi connectivity index (χ0v) is 13.9. The number of hydrogen-bond acceptors (Lipinski definition) is 4. The maximum Gasteiger partial charge on any atom is 0.320 e. The van der Waals surface area contributed by atoms with Gasteiger partial charge in [-0.25, -0.2) is 9.78 Å². The number of amides is 3. The van der Waals surface area contributed by atoms with E-state index in [1.54, 1.807) is 6.20 Å². The predicted octanol–water partition coefficient (Wildman–Crippen LogP) is 1.81. The first-order chi connectivity index (χ1) is 10.6. The number of aromatic nitrogens is 1. The molecule has 2 aliphatic heterocycles. The van der Waals surface area contributed by atoms with E-state index in [-0.39, 0.29) is 18.0 Å². The van der Waals surface area contributed by atoms with Crippen molar-refractivity contribution >= 4 is 23.3 Å². The van der Waals surface area contributed by atoms with E-state index in [2.05, 4.69) is 4.98 Å². The Hall–Kier alpha value is -1.63. The summed E-state index contributed by atoms with van der Waals surface area (Å²) in [5.41, 5.74) is 0. The molecule has 0 atom stereocenters. The van der Waals surface area contributed by atoms with Crippen molar-refractivity contribution in [2.75, 3.05) is 32.7 Å². The van der Waals surface area contributed by atoms with Gasteiger partial charge in [-0.2, -0.15) is 0 Å². The van der Waals surface area contributed by atoms with Crippen molar-refractivity contribution in [2.45, 2.75) is 32.7 Å². The number of carbonyl (C=O) groups excluding carboxylic acids is 2. The van der Waals surface area contributed by atoms with Crippen molar-refractivity contribution in [3.05, 3.63) is 16.1 Å². The van der Waals surface area contributed by atoms with E-state index < -0.39 is 0 Å². The summed E-state index contributed by atoms with van der Waals surface area (Å²) in [6, 6.07) is 0.432. The average Bonchev–Trinajstić information content (AvgIpc) is 3.12. The molecule has 3 amide bonds. The lowest BCUT2D eigenvalue weighted by Crippen LogP contribution is -2.48. The summed E-state index contributed by atoms with van der Waals surface area (Å²) in [6.45, 7) is 7.78. The molecule has 3 heterocycles. The fourth-order valence-electron chi connectivity index (χ4n) is 3.23. The molecule has 3 rings (SSSR count). The van der Waals surface area contributed by atoms with Crippen LogP contribution in [0.4, 0.5) is 4.79 Å². The molecule has 0 bridgehead atoms. The molecule has 1 aromatic rings. The van der Waals surface area contributed by atoms with Crippen LogP contribution in [0, 0.1) is 6.92 Å². The molecule has 0 aliphatic carbocycles. The summed E-state index contributed by atoms with van der Waals surface area (Å²) < 4.78 is 0. The van der Waals surface area contributed by atoms with Gasteiger partial charge in [0, 0.05) is 38.8 Å². The molecule has 2 fully saturated rings. The van der Waals surface area contributed by atoms with Gasteiger partial charge in [0.1, 0.15) is 4.88 Å². The molecule has 0 spiro atoms. The maximum absolute atomic E-state index is 12.4. The second-order valence-electron chi connectivity index (χ2n) is 5.82. The normalized spacial score (nSPS) is 20.1. The van der Waals surface area contributed by atoms with Crippen LogP contribution in [0.2, 0.25) is 0 Å². The highest BCUT2D eigenvalue weighted by Crippen LogP contribution is 2.23. The zero-order chi connectivity index (χ0) is 15.7. The molecule has 6 nitrogen and oxygen atoms in total. The van der Waals surface area contributed by atoms with Gasteiger partial charge < -0.3 is 14.7 Å². The van der Waals surface area contributed by atoms with Crippen molar-refractivity contribution < 1.29 is 9.59 Å². The zero-order valence-electron chi connectivity index (χ0n) is 13.1. The molecule has 22 heavy (non-hydrogen) atoms. The Morgan fingerprint density at radius 2 is 2.05 bits per heavy atom. The molecule has 0 saturated carbocycles. The van der Waals surface area contributed by atoms with Crippen molar-refractivity contribution in [1.82, 2.24) is 19.7 Å². The minimum atomic E-state index is 0.0759. The fourth-order valence-corrected chi connectivity index (χ4v) is 3.98. The van der Waals surface area contributed by atoms with Gasteiger partial charge in [0.05, 0.1) is 11.2 Å². The Labute approximate surface area is 134 Å². The van der Waals surface area contributed by atoms with Crippen LogP contribution in [-0.4, -0.2) is 70.4 Å². The van der Waals surface area contributed by atoms with Gasteiger partial charge in [-0.15, -0.1) is 11.3 Å². The number of urea groups is 1. The molecule has 120 valence electrons. The van der Waals surface area contributed by atoms with E-state index >= 15 is 0 Å². The molecule has 0 radical (unpaired) electrons. The monoisotopic (exact) mass is 322 g/mol. The largest absolute Gasteiger partial charge is 0.338 e. The quantitative estimate of drug-likeness (QED) is 0.853. The van der Waals surface area contributed by atoms with Gasteiger partial charge in [0.25, 0.3) is 5.91 Å². The van der Waals surface area contributed by atoms with E-state index in [0.29, 0.717) is 4.88 Å². The van der Waals surface area contributed by atoms with Crippen molar-refractivity contribution in [3.8, 4) is 0 Å². The van der Waals surface area contributed by atoms with Gasteiger partial charge >= 0.3 is 6.03 Å². The molecule has 2 saturated heterocycles. The standard InChI is InChI=1S/C15H22N4O2S/c1-3-17-8-9-19(15(17)21)12-4-6-18(7-5-12)14(20)13-10-16-11(2)22-13/h10,12H,3-9H2,1-2H3. The molecule has 0 unspecified atom stereocenters. The summed E-state index contributed by atoms with van der Waals surface area (Å²) in [7, 11) is 0. The number of likely N-dealkylation sites (tertiary alicyclic amines) is 1. The minimum absolute atomic E-state index is 0.0759. The van der Waals surface area contributed by atoms with E-state index in [1.807, 2.05) is 28.5 Å². The summed E-state index contributed by atoms with van der Waals surface area (Å²) in [5.74, 6) is 0.0759. The summed E-state index contributed by atoms with van der Waals surface area (Å²) in [5, 5.41) is 0.917. The van der Waals surface area contributed by atoms with Crippen LogP contribution in [0.5, 0.6) is 0 Å². The van der Waals surface area contributed by atoms with Crippen molar-refractivity contribution in [1.29, 1.82) is 0 Å². The van der Waals surface area contributed by atoms with Crippen LogP contribution in [0.15, 0.2) is 6.20 Å². The maximum atomic E-state index is 12.4. The van der Waals surface area contributed by atoms with Crippen LogP contribution >= 0.6 is 11.3 Å². The van der Waals surface area contributed by atoms with Crippen LogP contribution < -0.4 is 0 Å². The van der Waals surface area contributed by atoms with Gasteiger partial charge in [-0.1, -0.05) is 0 Å². The number of likely N-dealkylation sites (N-methyl/N-ethyl adjacent to an activating group) is 1. The first-order valence-corrected chi connectivity index (χ1v) is 8.69. The molecule has 7 heteroatoms. The fraction of sp³-hybridized carbons (Fsp3) is 0.667. The Morgan fingerprint density at radius 3 is 2.59 bits per heavy atom. The highest BCUT2D eigenvalue weighted by atomic mass is 32.1. The average molecular weight is 322 g/mol. The summed E-state index contributed by atoms with van der Waals surface area (Å²) in [4.78, 5) is 35.3. The summed E-state index contributed by atoms with van der Waals surface area (Å²) in [6.07, 6.45) is 3.40. The lowest BCUT2D eigenvalue weighted by molar-refractivity contribution is 0.0668.